The van der Waals surface area contributed by atoms with E-state index in [4.69, 9.17) is 10.5 Å². The third-order valence-corrected chi connectivity index (χ3v) is 8.99. The Morgan fingerprint density at radius 1 is 1.15 bits per heavy atom. The molecule has 5 rings (SSSR count). The summed E-state index contributed by atoms with van der Waals surface area (Å²) >= 11 is 1.65. The lowest BCUT2D eigenvalue weighted by Gasteiger charge is -2.36. The van der Waals surface area contributed by atoms with E-state index in [1.807, 2.05) is 56.0 Å². The van der Waals surface area contributed by atoms with E-state index in [9.17, 15) is 9.59 Å². The van der Waals surface area contributed by atoms with Gasteiger partial charge in [-0.05, 0) is 84.6 Å². The van der Waals surface area contributed by atoms with E-state index in [-0.39, 0.29) is 5.91 Å². The first kappa shape index (κ1) is 29.5. The first-order valence-corrected chi connectivity index (χ1v) is 15.8. The van der Waals surface area contributed by atoms with Crippen LogP contribution < -0.4 is 5.73 Å². The fourth-order valence-corrected chi connectivity index (χ4v) is 7.05. The van der Waals surface area contributed by atoms with Crippen molar-refractivity contribution in [3.05, 3.63) is 46.6 Å². The molecule has 2 N–H and O–H groups in total. The molecule has 0 bridgehead atoms. The Hall–Kier alpha value is -2.95. The molecule has 2 aliphatic rings. The highest BCUT2D eigenvalue weighted by atomic mass is 32.1. The molecule has 1 atom stereocenters. The number of para-hydroxylation sites is 1. The molecule has 1 unspecified atom stereocenters. The van der Waals surface area contributed by atoms with Crippen LogP contribution in [0.15, 0.2) is 30.3 Å². The molecule has 0 saturated carbocycles. The Morgan fingerprint density at radius 2 is 1.90 bits per heavy atom. The molecule has 1 aliphatic carbocycles. The molecule has 3 heterocycles. The minimum absolute atomic E-state index is 0.124. The molecular weight excluding hydrogens is 536 g/mol. The highest BCUT2D eigenvalue weighted by Crippen LogP contribution is 2.30. The standard InChI is InChI=1S/C31H44N6O3S/c1-5-13-35(23-11-12-24-27(21-23)41-29(32)33-24)15-8-14-34-16-18-36(19-17-34)28(38)26-20-22-9-6-7-10-25(22)37(26)30(39)40-31(2,3)4/h6-7,9-10,20,23H,5,8,11-19,21H2,1-4H3,(H2,32,33). The SMILES string of the molecule is CCCN(CCCN1CCN(C(=O)c2cc3ccccc3n2C(=O)OC(C)(C)C)CC1)C1CCc2nc(N)sc2C1. The molecule has 0 radical (unpaired) electrons. The molecule has 10 heteroatoms. The first-order valence-electron chi connectivity index (χ1n) is 15.0. The molecule has 1 fully saturated rings. The third-order valence-electron chi connectivity index (χ3n) is 8.04. The summed E-state index contributed by atoms with van der Waals surface area (Å²) in [6.07, 6.45) is 4.97. The Kier molecular flexibility index (Phi) is 9.01. The van der Waals surface area contributed by atoms with Crippen LogP contribution in [-0.2, 0) is 17.6 Å². The van der Waals surface area contributed by atoms with Crippen LogP contribution in [0.2, 0.25) is 0 Å². The smallest absolute Gasteiger partial charge is 0.419 e. The maximum absolute atomic E-state index is 13.7. The van der Waals surface area contributed by atoms with Gasteiger partial charge in [-0.15, -0.1) is 11.3 Å². The van der Waals surface area contributed by atoms with Crippen LogP contribution in [0.25, 0.3) is 10.9 Å². The summed E-state index contributed by atoms with van der Waals surface area (Å²) in [5.41, 5.74) is 7.57. The summed E-state index contributed by atoms with van der Waals surface area (Å²) in [7, 11) is 0. The van der Waals surface area contributed by atoms with E-state index in [1.165, 1.54) is 15.1 Å². The van der Waals surface area contributed by atoms with Crippen LogP contribution in [0.3, 0.4) is 0 Å². The maximum Gasteiger partial charge on any atom is 0.419 e. The number of nitrogens with zero attached hydrogens (tertiary/aromatic N) is 5. The highest BCUT2D eigenvalue weighted by Gasteiger charge is 2.30. The van der Waals surface area contributed by atoms with Gasteiger partial charge in [-0.3, -0.25) is 14.6 Å². The number of aromatic nitrogens is 2. The van der Waals surface area contributed by atoms with E-state index in [2.05, 4.69) is 21.7 Å². The maximum atomic E-state index is 13.7. The quantitative estimate of drug-likeness (QED) is 0.406. The Balaban J connectivity index is 1.16. The monoisotopic (exact) mass is 580 g/mol. The minimum Gasteiger partial charge on any atom is -0.443 e. The number of anilines is 1. The molecule has 1 aromatic carbocycles. The number of carbonyl (C=O) groups excluding carboxylic acids is 2. The molecule has 3 aromatic rings. The van der Waals surface area contributed by atoms with Gasteiger partial charge in [0.2, 0.25) is 0 Å². The number of nitrogen functional groups attached to an aromatic ring is 1. The van der Waals surface area contributed by atoms with E-state index in [0.29, 0.717) is 35.5 Å². The summed E-state index contributed by atoms with van der Waals surface area (Å²) in [5, 5.41) is 1.55. The van der Waals surface area contributed by atoms with Crippen molar-refractivity contribution in [2.75, 3.05) is 51.5 Å². The molecule has 222 valence electrons. The number of hydrogen-bond donors (Lipinski definition) is 1. The molecule has 0 spiro atoms. The predicted octanol–water partition coefficient (Wildman–Crippen LogP) is 4.88. The zero-order chi connectivity index (χ0) is 29.1. The van der Waals surface area contributed by atoms with Gasteiger partial charge in [-0.2, -0.15) is 0 Å². The molecule has 9 nitrogen and oxygen atoms in total. The van der Waals surface area contributed by atoms with Gasteiger partial charge < -0.3 is 15.4 Å². The number of benzene rings is 1. The van der Waals surface area contributed by atoms with Crippen LogP contribution >= 0.6 is 11.3 Å². The van der Waals surface area contributed by atoms with Gasteiger partial charge in [0.05, 0.1) is 11.2 Å². The van der Waals surface area contributed by atoms with Gasteiger partial charge in [0.15, 0.2) is 5.13 Å². The van der Waals surface area contributed by atoms with Crippen molar-refractivity contribution in [3.8, 4) is 0 Å². The van der Waals surface area contributed by atoms with Gasteiger partial charge in [0.1, 0.15) is 11.3 Å². The van der Waals surface area contributed by atoms with Gasteiger partial charge in [-0.1, -0.05) is 25.1 Å². The fraction of sp³-hybridized carbons (Fsp3) is 0.581. The number of thiazole rings is 1. The fourth-order valence-electron chi connectivity index (χ4n) is 6.10. The molecule has 2 aromatic heterocycles. The van der Waals surface area contributed by atoms with E-state index in [1.54, 1.807) is 11.3 Å². The van der Waals surface area contributed by atoms with E-state index < -0.39 is 11.7 Å². The van der Waals surface area contributed by atoms with Crippen molar-refractivity contribution in [1.29, 1.82) is 0 Å². The summed E-state index contributed by atoms with van der Waals surface area (Å²) in [5.74, 6) is -0.124. The topological polar surface area (TPSA) is 96.9 Å². The van der Waals surface area contributed by atoms with Crippen molar-refractivity contribution in [2.45, 2.75) is 71.4 Å². The summed E-state index contributed by atoms with van der Waals surface area (Å²) < 4.78 is 7.10. The number of carbonyl (C=O) groups is 2. The third kappa shape index (κ3) is 6.93. The van der Waals surface area contributed by atoms with Crippen LogP contribution in [0.1, 0.15) is 68.0 Å². The first-order chi connectivity index (χ1) is 19.6. The van der Waals surface area contributed by atoms with Crippen LogP contribution in [0.4, 0.5) is 9.93 Å². The zero-order valence-corrected chi connectivity index (χ0v) is 25.7. The van der Waals surface area contributed by atoms with Crippen LogP contribution in [-0.4, -0.2) is 93.7 Å². The number of nitrogens with two attached hydrogens (primary N) is 1. The number of ether oxygens (including phenoxy) is 1. The summed E-state index contributed by atoms with van der Waals surface area (Å²) in [6, 6.07) is 9.94. The molecule has 1 aliphatic heterocycles. The second kappa shape index (κ2) is 12.5. The average Bonchev–Trinajstić information content (AvgIpc) is 3.51. The Morgan fingerprint density at radius 3 is 2.63 bits per heavy atom. The highest BCUT2D eigenvalue weighted by molar-refractivity contribution is 7.15. The zero-order valence-electron chi connectivity index (χ0n) is 24.9. The van der Waals surface area contributed by atoms with Crippen molar-refractivity contribution in [2.24, 2.45) is 0 Å². The van der Waals surface area contributed by atoms with Gasteiger partial charge in [0, 0.05) is 42.5 Å². The number of piperazine rings is 1. The molecular formula is C31H44N6O3S. The lowest BCUT2D eigenvalue weighted by molar-refractivity contribution is 0.0504. The largest absolute Gasteiger partial charge is 0.443 e. The van der Waals surface area contributed by atoms with Gasteiger partial charge in [0.25, 0.3) is 5.91 Å². The van der Waals surface area contributed by atoms with Crippen LogP contribution in [0.5, 0.6) is 0 Å². The lowest BCUT2D eigenvalue weighted by atomic mass is 9.96. The normalized spacial score (nSPS) is 18.2. The lowest BCUT2D eigenvalue weighted by Crippen LogP contribution is -2.50. The van der Waals surface area contributed by atoms with Gasteiger partial charge >= 0.3 is 6.09 Å². The van der Waals surface area contributed by atoms with Crippen molar-refractivity contribution in [3.63, 3.8) is 0 Å². The van der Waals surface area contributed by atoms with Crippen molar-refractivity contribution < 1.29 is 14.3 Å². The Bertz CT molecular complexity index is 1370. The predicted molar refractivity (Wildman–Crippen MR) is 165 cm³/mol. The Labute approximate surface area is 247 Å². The minimum atomic E-state index is -0.657. The van der Waals surface area contributed by atoms with E-state index >= 15 is 0 Å². The number of hydrogen-bond acceptors (Lipinski definition) is 8. The molecule has 1 saturated heterocycles. The second-order valence-corrected chi connectivity index (χ2v) is 13.4. The number of aryl methyl sites for hydroxylation is 1. The number of amides is 1. The molecule has 41 heavy (non-hydrogen) atoms. The van der Waals surface area contributed by atoms with Crippen molar-refractivity contribution in [1.82, 2.24) is 24.3 Å². The van der Waals surface area contributed by atoms with Crippen molar-refractivity contribution >= 4 is 39.4 Å². The molecule has 1 amide bonds. The second-order valence-electron chi connectivity index (χ2n) is 12.2. The van der Waals surface area contributed by atoms with Crippen LogP contribution in [0, 0.1) is 0 Å². The number of rotatable bonds is 8. The summed E-state index contributed by atoms with van der Waals surface area (Å²) in [6.45, 7) is 13.9. The van der Waals surface area contributed by atoms with Gasteiger partial charge in [-0.25, -0.2) is 14.3 Å². The summed E-state index contributed by atoms with van der Waals surface area (Å²) in [4.78, 5) is 39.7. The number of fused-ring (bicyclic) bond motifs is 2. The average molecular weight is 581 g/mol. The van der Waals surface area contributed by atoms with E-state index in [0.717, 1.165) is 70.2 Å².